The lowest BCUT2D eigenvalue weighted by Crippen LogP contribution is -2.41. The van der Waals surface area contributed by atoms with Gasteiger partial charge in [-0.25, -0.2) is 14.0 Å². The Bertz CT molecular complexity index is 630. The molecule has 6 nitrogen and oxygen atoms in total. The summed E-state index contributed by atoms with van der Waals surface area (Å²) in [6.45, 7) is 9.92. The molecule has 7 heteroatoms. The number of imide groups is 1. The second-order valence-electron chi connectivity index (χ2n) is 7.21. The average Bonchev–Trinajstić information content (AvgIpc) is 2.29. The van der Waals surface area contributed by atoms with Crippen molar-refractivity contribution in [1.29, 1.82) is 0 Å². The van der Waals surface area contributed by atoms with Crippen LogP contribution in [-0.4, -0.2) is 22.9 Å². The van der Waals surface area contributed by atoms with Crippen LogP contribution in [0.15, 0.2) is 12.1 Å². The quantitative estimate of drug-likeness (QED) is 0.757. The first-order valence-corrected chi connectivity index (χ1v) is 7.10. The van der Waals surface area contributed by atoms with Gasteiger partial charge in [0.15, 0.2) is 5.82 Å². The van der Waals surface area contributed by atoms with Gasteiger partial charge in [0.2, 0.25) is 0 Å². The summed E-state index contributed by atoms with van der Waals surface area (Å²) in [5, 5.41) is 9.42. The molecule has 23 heavy (non-hydrogen) atoms. The van der Waals surface area contributed by atoms with Crippen molar-refractivity contribution >= 4 is 23.6 Å². The van der Waals surface area contributed by atoms with Gasteiger partial charge in [0.05, 0.1) is 11.4 Å². The summed E-state index contributed by atoms with van der Waals surface area (Å²) in [6, 6.07) is 2.53. The molecule has 0 bridgehead atoms. The van der Waals surface area contributed by atoms with Gasteiger partial charge in [-0.05, 0) is 38.3 Å². The molecule has 0 aromatic heterocycles. The predicted molar refractivity (Wildman–Crippen MR) is 86.3 cm³/mol. The van der Waals surface area contributed by atoms with E-state index in [0.29, 0.717) is 4.90 Å². The lowest BCUT2D eigenvalue weighted by atomic mass is 9.84. The van der Waals surface area contributed by atoms with Crippen LogP contribution in [0.4, 0.5) is 25.4 Å². The van der Waals surface area contributed by atoms with Crippen LogP contribution in [0.2, 0.25) is 0 Å². The summed E-state index contributed by atoms with van der Waals surface area (Å²) in [5.41, 5.74) is 3.73. The Balaban J connectivity index is 3.54. The van der Waals surface area contributed by atoms with Crippen LogP contribution in [0.5, 0.6) is 0 Å². The highest BCUT2D eigenvalue weighted by Gasteiger charge is 2.34. The summed E-state index contributed by atoms with van der Waals surface area (Å²) >= 11 is 0. The first-order valence-electron chi connectivity index (χ1n) is 7.10. The highest BCUT2D eigenvalue weighted by atomic mass is 19.1. The number of hydrogen-bond acceptors (Lipinski definition) is 4. The van der Waals surface area contributed by atoms with Gasteiger partial charge in [0.25, 0.3) is 0 Å². The van der Waals surface area contributed by atoms with E-state index in [-0.39, 0.29) is 16.9 Å². The summed E-state index contributed by atoms with van der Waals surface area (Å²) in [6.07, 6.45) is -2.66. The molecule has 0 aliphatic carbocycles. The molecule has 1 rings (SSSR count). The zero-order chi connectivity index (χ0) is 18.2. The van der Waals surface area contributed by atoms with Gasteiger partial charge in [-0.1, -0.05) is 20.8 Å². The fourth-order valence-electron chi connectivity index (χ4n) is 2.07. The number of benzene rings is 1. The monoisotopic (exact) mass is 326 g/mol. The molecule has 0 aliphatic rings. The Morgan fingerprint density at radius 3 is 2.09 bits per heavy atom. The number of halogens is 1. The minimum Gasteiger partial charge on any atom is -0.464 e. The number of ether oxygens (including phenoxy) is 1. The molecular weight excluding hydrogens is 303 g/mol. The molecule has 0 unspecified atom stereocenters. The minimum atomic E-state index is -1.56. The molecule has 0 saturated carbocycles. The van der Waals surface area contributed by atoms with Crippen molar-refractivity contribution in [3.05, 3.63) is 23.5 Å². The Morgan fingerprint density at radius 2 is 1.70 bits per heavy atom. The standard InChI is InChI=1S/C16H23FN2O4/c1-15(2,3)11-10(8-7-9(18)12(11)17)19(13(20)21)14(22)23-16(4,5)6/h7-8H,18H2,1-6H3,(H,20,21). The zero-order valence-corrected chi connectivity index (χ0v) is 14.2. The third-order valence-corrected chi connectivity index (χ3v) is 2.91. The van der Waals surface area contributed by atoms with E-state index in [4.69, 9.17) is 10.5 Å². The van der Waals surface area contributed by atoms with Crippen molar-refractivity contribution in [3.63, 3.8) is 0 Å². The van der Waals surface area contributed by atoms with Crippen LogP contribution < -0.4 is 10.6 Å². The number of nitrogens with two attached hydrogens (primary N) is 1. The van der Waals surface area contributed by atoms with Crippen LogP contribution in [-0.2, 0) is 10.2 Å². The summed E-state index contributed by atoms with van der Waals surface area (Å²) in [4.78, 5) is 24.2. The molecule has 0 heterocycles. The van der Waals surface area contributed by atoms with Gasteiger partial charge in [-0.3, -0.25) is 0 Å². The number of anilines is 2. The van der Waals surface area contributed by atoms with Crippen molar-refractivity contribution in [1.82, 2.24) is 0 Å². The van der Waals surface area contributed by atoms with Crippen LogP contribution in [0.25, 0.3) is 0 Å². The maximum Gasteiger partial charge on any atom is 0.424 e. The molecule has 0 aliphatic heterocycles. The van der Waals surface area contributed by atoms with E-state index in [0.717, 1.165) is 0 Å². The second kappa shape index (κ2) is 6.06. The number of carboxylic acid groups (broad SMARTS) is 1. The molecule has 1 aromatic rings. The summed E-state index contributed by atoms with van der Waals surface area (Å²) < 4.78 is 19.6. The lowest BCUT2D eigenvalue weighted by Gasteiger charge is -2.29. The van der Waals surface area contributed by atoms with Gasteiger partial charge < -0.3 is 15.6 Å². The maximum atomic E-state index is 14.5. The van der Waals surface area contributed by atoms with Crippen molar-refractivity contribution in [2.75, 3.05) is 10.6 Å². The molecule has 2 amide bonds. The fraction of sp³-hybridized carbons (Fsp3) is 0.500. The Kier molecular flexibility index (Phi) is 4.94. The topological polar surface area (TPSA) is 92.9 Å². The third kappa shape index (κ3) is 4.34. The number of nitrogen functional groups attached to an aromatic ring is 1. The molecule has 0 radical (unpaired) electrons. The van der Waals surface area contributed by atoms with Gasteiger partial charge in [0, 0.05) is 5.56 Å². The largest absolute Gasteiger partial charge is 0.464 e. The van der Waals surface area contributed by atoms with Crippen LogP contribution in [0, 0.1) is 5.82 Å². The predicted octanol–water partition coefficient (Wildman–Crippen LogP) is 4.12. The van der Waals surface area contributed by atoms with E-state index in [1.807, 2.05) is 0 Å². The molecule has 128 valence electrons. The number of carbonyl (C=O) groups is 2. The average molecular weight is 326 g/mol. The van der Waals surface area contributed by atoms with Crippen molar-refractivity contribution in [3.8, 4) is 0 Å². The summed E-state index contributed by atoms with van der Waals surface area (Å²) in [5.74, 6) is -0.746. The molecule has 0 atom stereocenters. The van der Waals surface area contributed by atoms with E-state index in [2.05, 4.69) is 0 Å². The van der Waals surface area contributed by atoms with Gasteiger partial charge in [0.1, 0.15) is 5.60 Å². The van der Waals surface area contributed by atoms with E-state index in [1.54, 1.807) is 41.5 Å². The molecular formula is C16H23FN2O4. The molecule has 0 spiro atoms. The molecule has 3 N–H and O–H groups in total. The first-order chi connectivity index (χ1) is 10.3. The van der Waals surface area contributed by atoms with Gasteiger partial charge in [-0.2, -0.15) is 4.90 Å². The lowest BCUT2D eigenvalue weighted by molar-refractivity contribution is 0.0581. The van der Waals surface area contributed by atoms with Crippen molar-refractivity contribution in [2.45, 2.75) is 52.6 Å². The smallest absolute Gasteiger partial charge is 0.424 e. The SMILES string of the molecule is CC(C)(C)OC(=O)N(C(=O)O)c1ccc(N)c(F)c1C(C)(C)C. The van der Waals surface area contributed by atoms with Crippen molar-refractivity contribution < 1.29 is 23.8 Å². The van der Waals surface area contributed by atoms with E-state index >= 15 is 0 Å². The zero-order valence-electron chi connectivity index (χ0n) is 14.2. The van der Waals surface area contributed by atoms with Gasteiger partial charge in [-0.15, -0.1) is 0 Å². The molecule has 1 aromatic carbocycles. The second-order valence-corrected chi connectivity index (χ2v) is 7.21. The van der Waals surface area contributed by atoms with E-state index in [9.17, 15) is 19.1 Å². The Morgan fingerprint density at radius 1 is 1.17 bits per heavy atom. The Labute approximate surface area is 135 Å². The normalized spacial score (nSPS) is 12.0. The number of nitrogens with zero attached hydrogens (tertiary/aromatic N) is 1. The van der Waals surface area contributed by atoms with Crippen LogP contribution in [0.3, 0.4) is 0 Å². The molecule has 0 saturated heterocycles. The Hall–Kier alpha value is -2.31. The number of amides is 2. The first kappa shape index (κ1) is 18.7. The highest BCUT2D eigenvalue weighted by molar-refractivity contribution is 6.09. The number of hydrogen-bond donors (Lipinski definition) is 2. The molecule has 0 fully saturated rings. The van der Waals surface area contributed by atoms with Gasteiger partial charge >= 0.3 is 12.2 Å². The van der Waals surface area contributed by atoms with E-state index in [1.165, 1.54) is 12.1 Å². The van der Waals surface area contributed by atoms with Crippen molar-refractivity contribution in [2.24, 2.45) is 0 Å². The minimum absolute atomic E-state index is 0.0331. The fourth-order valence-corrected chi connectivity index (χ4v) is 2.07. The number of rotatable bonds is 1. The highest BCUT2D eigenvalue weighted by Crippen LogP contribution is 2.37. The van der Waals surface area contributed by atoms with E-state index < -0.39 is 29.0 Å². The summed E-state index contributed by atoms with van der Waals surface area (Å²) in [7, 11) is 0. The van der Waals surface area contributed by atoms with Crippen LogP contribution in [0.1, 0.15) is 47.1 Å². The third-order valence-electron chi connectivity index (χ3n) is 2.91. The van der Waals surface area contributed by atoms with Crippen LogP contribution >= 0.6 is 0 Å². The maximum absolute atomic E-state index is 14.5. The number of carbonyl (C=O) groups excluding carboxylic acids is 1.